The molecule has 0 saturated carbocycles. The zero-order chi connectivity index (χ0) is 8.32. The lowest BCUT2D eigenvalue weighted by Crippen LogP contribution is -2.18. The van der Waals surface area contributed by atoms with Crippen molar-refractivity contribution >= 4 is 23.2 Å². The maximum atomic E-state index is 6.26. The number of halogens is 2. The summed E-state index contributed by atoms with van der Waals surface area (Å²) in [4.78, 5) is -0.208. The van der Waals surface area contributed by atoms with Crippen LogP contribution in [0.1, 0.15) is 26.2 Å². The predicted octanol–water partition coefficient (Wildman–Crippen LogP) is 3.85. The molecule has 2 heteroatoms. The molecule has 11 heavy (non-hydrogen) atoms. The molecule has 1 aliphatic carbocycles. The standard InChI is InChI=1S/C9H12Cl2/c1-2-5-9(11)6-3-4-8(10)7-9/h3-4,7H,2,5-6H2,1H3. The van der Waals surface area contributed by atoms with Crippen LogP contribution in [0.25, 0.3) is 0 Å². The first-order chi connectivity index (χ1) is 5.16. The molecule has 0 aromatic rings. The highest BCUT2D eigenvalue weighted by Crippen LogP contribution is 2.33. The van der Waals surface area contributed by atoms with Crippen LogP contribution in [0.4, 0.5) is 0 Å². The van der Waals surface area contributed by atoms with Gasteiger partial charge in [-0.25, -0.2) is 0 Å². The van der Waals surface area contributed by atoms with Crippen molar-refractivity contribution in [1.82, 2.24) is 0 Å². The summed E-state index contributed by atoms with van der Waals surface area (Å²) in [7, 11) is 0. The van der Waals surface area contributed by atoms with Crippen molar-refractivity contribution in [3.05, 3.63) is 23.3 Å². The number of alkyl halides is 1. The van der Waals surface area contributed by atoms with Gasteiger partial charge in [0.25, 0.3) is 0 Å². The second-order valence-electron chi connectivity index (χ2n) is 2.92. The highest BCUT2D eigenvalue weighted by molar-refractivity contribution is 6.33. The van der Waals surface area contributed by atoms with E-state index in [-0.39, 0.29) is 4.87 Å². The number of allylic oxidation sites excluding steroid dienone is 4. The Balaban J connectivity index is 2.66. The molecule has 0 spiro atoms. The molecule has 0 aromatic carbocycles. The van der Waals surface area contributed by atoms with Gasteiger partial charge >= 0.3 is 0 Å². The normalized spacial score (nSPS) is 30.3. The molecule has 0 saturated heterocycles. The van der Waals surface area contributed by atoms with Crippen LogP contribution >= 0.6 is 23.2 Å². The molecule has 0 bridgehead atoms. The van der Waals surface area contributed by atoms with Crippen molar-refractivity contribution in [3.8, 4) is 0 Å². The van der Waals surface area contributed by atoms with E-state index in [2.05, 4.69) is 6.92 Å². The zero-order valence-corrected chi connectivity index (χ0v) is 8.12. The summed E-state index contributed by atoms with van der Waals surface area (Å²) in [6.45, 7) is 2.13. The SMILES string of the molecule is CCCC1(Cl)C=C(Cl)C=CC1. The third-order valence-electron chi connectivity index (χ3n) is 1.80. The Hall–Kier alpha value is 0.0600. The maximum absolute atomic E-state index is 6.26. The fourth-order valence-corrected chi connectivity index (χ4v) is 2.06. The van der Waals surface area contributed by atoms with Crippen LogP contribution in [-0.4, -0.2) is 4.87 Å². The molecule has 0 amide bonds. The van der Waals surface area contributed by atoms with Crippen molar-refractivity contribution in [3.63, 3.8) is 0 Å². The van der Waals surface area contributed by atoms with Gasteiger partial charge in [-0.05, 0) is 25.0 Å². The molecule has 62 valence electrons. The minimum atomic E-state index is -0.208. The highest BCUT2D eigenvalue weighted by atomic mass is 35.5. The molecule has 0 N–H and O–H groups in total. The predicted molar refractivity (Wildman–Crippen MR) is 51.2 cm³/mol. The first-order valence-electron chi connectivity index (χ1n) is 3.90. The molecule has 0 fully saturated rings. The molecule has 1 unspecified atom stereocenters. The van der Waals surface area contributed by atoms with Gasteiger partial charge in [0.1, 0.15) is 0 Å². The van der Waals surface area contributed by atoms with Gasteiger partial charge in [0.15, 0.2) is 0 Å². The second kappa shape index (κ2) is 3.64. The van der Waals surface area contributed by atoms with Crippen LogP contribution in [0, 0.1) is 0 Å². The number of rotatable bonds is 2. The molecular formula is C9H12Cl2. The first kappa shape index (κ1) is 9.15. The van der Waals surface area contributed by atoms with E-state index < -0.39 is 0 Å². The van der Waals surface area contributed by atoms with Gasteiger partial charge in [0.05, 0.1) is 4.87 Å². The van der Waals surface area contributed by atoms with E-state index in [9.17, 15) is 0 Å². The smallest absolute Gasteiger partial charge is 0.0677 e. The third kappa shape index (κ3) is 2.53. The summed E-state index contributed by atoms with van der Waals surface area (Å²) in [5.74, 6) is 0. The number of hydrogen-bond acceptors (Lipinski definition) is 0. The fourth-order valence-electron chi connectivity index (χ4n) is 1.31. The molecule has 1 atom stereocenters. The molecule has 0 aliphatic heterocycles. The average molecular weight is 191 g/mol. The molecule has 1 rings (SSSR count). The van der Waals surface area contributed by atoms with Crippen LogP contribution in [0.5, 0.6) is 0 Å². The van der Waals surface area contributed by atoms with Gasteiger partial charge in [-0.2, -0.15) is 0 Å². The van der Waals surface area contributed by atoms with E-state index in [4.69, 9.17) is 23.2 Å². The van der Waals surface area contributed by atoms with Crippen molar-refractivity contribution in [1.29, 1.82) is 0 Å². The van der Waals surface area contributed by atoms with E-state index in [1.54, 1.807) is 0 Å². The first-order valence-corrected chi connectivity index (χ1v) is 4.66. The summed E-state index contributed by atoms with van der Waals surface area (Å²) in [6, 6.07) is 0. The monoisotopic (exact) mass is 190 g/mol. The molecule has 0 heterocycles. The molecule has 0 radical (unpaired) electrons. The van der Waals surface area contributed by atoms with Gasteiger partial charge in [-0.15, -0.1) is 11.6 Å². The van der Waals surface area contributed by atoms with E-state index in [1.165, 1.54) is 0 Å². The van der Waals surface area contributed by atoms with Crippen LogP contribution in [0.15, 0.2) is 23.3 Å². The fraction of sp³-hybridized carbons (Fsp3) is 0.556. The lowest BCUT2D eigenvalue weighted by atomic mass is 9.95. The molecular weight excluding hydrogens is 179 g/mol. The molecule has 1 aliphatic rings. The Morgan fingerprint density at radius 2 is 2.36 bits per heavy atom. The maximum Gasteiger partial charge on any atom is 0.0677 e. The van der Waals surface area contributed by atoms with Gasteiger partial charge in [0.2, 0.25) is 0 Å². The Kier molecular flexibility index (Phi) is 3.03. The molecule has 0 aromatic heterocycles. The van der Waals surface area contributed by atoms with Crippen LogP contribution in [-0.2, 0) is 0 Å². The van der Waals surface area contributed by atoms with Gasteiger partial charge < -0.3 is 0 Å². The van der Waals surface area contributed by atoms with E-state index in [0.717, 1.165) is 24.3 Å². The topological polar surface area (TPSA) is 0 Å². The number of hydrogen-bond donors (Lipinski definition) is 0. The lowest BCUT2D eigenvalue weighted by molar-refractivity contribution is 0.620. The largest absolute Gasteiger partial charge is 0.114 e. The van der Waals surface area contributed by atoms with Crippen LogP contribution < -0.4 is 0 Å². The minimum Gasteiger partial charge on any atom is -0.114 e. The Morgan fingerprint density at radius 1 is 1.64 bits per heavy atom. The second-order valence-corrected chi connectivity index (χ2v) is 4.11. The van der Waals surface area contributed by atoms with Crippen molar-refractivity contribution < 1.29 is 0 Å². The van der Waals surface area contributed by atoms with Gasteiger partial charge in [0, 0.05) is 5.03 Å². The summed E-state index contributed by atoms with van der Waals surface area (Å²) >= 11 is 12.1. The highest BCUT2D eigenvalue weighted by Gasteiger charge is 2.24. The van der Waals surface area contributed by atoms with E-state index in [1.807, 2.05) is 18.2 Å². The third-order valence-corrected chi connectivity index (χ3v) is 2.48. The summed E-state index contributed by atoms with van der Waals surface area (Å²) in [5.41, 5.74) is 0. The Bertz CT molecular complexity index is 194. The van der Waals surface area contributed by atoms with Crippen LogP contribution in [0.3, 0.4) is 0 Å². The van der Waals surface area contributed by atoms with Gasteiger partial charge in [-0.1, -0.05) is 31.0 Å². The lowest BCUT2D eigenvalue weighted by Gasteiger charge is -2.23. The Morgan fingerprint density at radius 3 is 2.91 bits per heavy atom. The quantitative estimate of drug-likeness (QED) is 0.581. The Labute approximate surface area is 77.9 Å². The van der Waals surface area contributed by atoms with Crippen molar-refractivity contribution in [2.75, 3.05) is 0 Å². The van der Waals surface area contributed by atoms with Crippen molar-refractivity contribution in [2.24, 2.45) is 0 Å². The summed E-state index contributed by atoms with van der Waals surface area (Å²) in [5, 5.41) is 0.764. The van der Waals surface area contributed by atoms with E-state index in [0.29, 0.717) is 0 Å². The van der Waals surface area contributed by atoms with Crippen LogP contribution in [0.2, 0.25) is 0 Å². The average Bonchev–Trinajstić information content (AvgIpc) is 1.86. The molecule has 0 nitrogen and oxygen atoms in total. The summed E-state index contributed by atoms with van der Waals surface area (Å²) < 4.78 is 0. The summed E-state index contributed by atoms with van der Waals surface area (Å²) in [6.07, 6.45) is 8.87. The van der Waals surface area contributed by atoms with Crippen molar-refractivity contribution in [2.45, 2.75) is 31.1 Å². The minimum absolute atomic E-state index is 0.208. The van der Waals surface area contributed by atoms with E-state index >= 15 is 0 Å². The zero-order valence-electron chi connectivity index (χ0n) is 6.61. The van der Waals surface area contributed by atoms with Gasteiger partial charge in [-0.3, -0.25) is 0 Å².